The van der Waals surface area contributed by atoms with Crippen molar-refractivity contribution in [2.45, 2.75) is 13.8 Å². The number of nitrogens with zero attached hydrogens (tertiary/aromatic N) is 1. The molecule has 0 spiro atoms. The Labute approximate surface area is 68.7 Å². The summed E-state index contributed by atoms with van der Waals surface area (Å²) in [7, 11) is 0. The number of hydrogen-bond donors (Lipinski definition) is 0. The van der Waals surface area contributed by atoms with E-state index in [0.29, 0.717) is 0 Å². The van der Waals surface area contributed by atoms with E-state index in [0.717, 1.165) is 0 Å². The van der Waals surface area contributed by atoms with E-state index in [2.05, 4.69) is 37.5 Å². The average molecular weight is 149 g/mol. The maximum Gasteiger partial charge on any atom is 0.0366 e. The van der Waals surface area contributed by atoms with E-state index >= 15 is 0 Å². The van der Waals surface area contributed by atoms with Crippen LogP contribution in [0.4, 0.5) is 0 Å². The van der Waals surface area contributed by atoms with E-state index in [4.69, 9.17) is 0 Å². The molecule has 0 aromatic rings. The van der Waals surface area contributed by atoms with Crippen LogP contribution in [0.15, 0.2) is 36.1 Å². The van der Waals surface area contributed by atoms with Crippen molar-refractivity contribution in [3.8, 4) is 0 Å². The second kappa shape index (κ2) is 3.42. The maximum absolute atomic E-state index is 3.69. The van der Waals surface area contributed by atoms with Crippen LogP contribution in [0.3, 0.4) is 0 Å². The molecule has 0 atom stereocenters. The summed E-state index contributed by atoms with van der Waals surface area (Å²) in [6.45, 7) is 10.3. The highest BCUT2D eigenvalue weighted by atomic mass is 15.3. The number of allylic oxidation sites excluding steroid dienone is 4. The summed E-state index contributed by atoms with van der Waals surface area (Å²) in [6.07, 6.45) is 6.09. The van der Waals surface area contributed by atoms with E-state index in [-0.39, 0.29) is 0 Å². The van der Waals surface area contributed by atoms with Gasteiger partial charge in [-0.1, -0.05) is 18.2 Å². The molecule has 1 aliphatic rings. The van der Waals surface area contributed by atoms with Crippen molar-refractivity contribution >= 4 is 0 Å². The molecule has 0 aliphatic carbocycles. The summed E-state index contributed by atoms with van der Waals surface area (Å²) < 4.78 is 0. The third-order valence-electron chi connectivity index (χ3n) is 1.54. The van der Waals surface area contributed by atoms with Crippen molar-refractivity contribution in [2.75, 3.05) is 13.1 Å². The van der Waals surface area contributed by atoms with E-state index in [1.807, 2.05) is 6.08 Å². The SMILES string of the molecule is C=C/C=C(\C=C(C)C)N1CC1. The summed E-state index contributed by atoms with van der Waals surface area (Å²) in [5.41, 5.74) is 2.63. The first-order chi connectivity index (χ1) is 5.24. The fourth-order valence-corrected chi connectivity index (χ4v) is 0.970. The van der Waals surface area contributed by atoms with Crippen LogP contribution in [0, 0.1) is 0 Å². The molecule has 0 N–H and O–H groups in total. The van der Waals surface area contributed by atoms with Gasteiger partial charge in [-0.3, -0.25) is 0 Å². The third kappa shape index (κ3) is 2.62. The fourth-order valence-electron chi connectivity index (χ4n) is 0.970. The smallest absolute Gasteiger partial charge is 0.0366 e. The summed E-state index contributed by atoms with van der Waals surface area (Å²) in [4.78, 5) is 2.31. The molecule has 1 fully saturated rings. The number of hydrogen-bond acceptors (Lipinski definition) is 1. The lowest BCUT2D eigenvalue weighted by Gasteiger charge is -2.02. The molecule has 1 rings (SSSR count). The molecule has 1 heteroatoms. The number of rotatable bonds is 3. The van der Waals surface area contributed by atoms with Crippen molar-refractivity contribution in [3.05, 3.63) is 36.1 Å². The normalized spacial score (nSPS) is 16.2. The molecule has 1 aliphatic heterocycles. The van der Waals surface area contributed by atoms with Crippen LogP contribution in [0.25, 0.3) is 0 Å². The van der Waals surface area contributed by atoms with Crippen LogP contribution in [0.1, 0.15) is 13.8 Å². The Bertz CT molecular complexity index is 203. The topological polar surface area (TPSA) is 3.01 Å². The largest absolute Gasteiger partial charge is 0.368 e. The molecule has 0 aromatic heterocycles. The zero-order valence-electron chi connectivity index (χ0n) is 7.30. The monoisotopic (exact) mass is 149 g/mol. The van der Waals surface area contributed by atoms with E-state index in [1.165, 1.54) is 24.4 Å². The summed E-state index contributed by atoms with van der Waals surface area (Å²) >= 11 is 0. The molecule has 0 amide bonds. The Morgan fingerprint density at radius 2 is 2.00 bits per heavy atom. The van der Waals surface area contributed by atoms with E-state index < -0.39 is 0 Å². The predicted octanol–water partition coefficient (Wildman–Crippen LogP) is 2.34. The fraction of sp³-hybridized carbons (Fsp3) is 0.400. The molecule has 0 unspecified atom stereocenters. The van der Waals surface area contributed by atoms with Crippen molar-refractivity contribution in [1.29, 1.82) is 0 Å². The van der Waals surface area contributed by atoms with Gasteiger partial charge in [0.1, 0.15) is 0 Å². The van der Waals surface area contributed by atoms with E-state index in [1.54, 1.807) is 0 Å². The lowest BCUT2D eigenvalue weighted by molar-refractivity contribution is 0.722. The van der Waals surface area contributed by atoms with Gasteiger partial charge in [-0.15, -0.1) is 0 Å². The second-order valence-corrected chi connectivity index (χ2v) is 3.04. The maximum atomic E-state index is 3.69. The molecular weight excluding hydrogens is 134 g/mol. The molecule has 0 bridgehead atoms. The Kier molecular flexibility index (Phi) is 2.53. The van der Waals surface area contributed by atoms with E-state index in [9.17, 15) is 0 Å². The zero-order valence-corrected chi connectivity index (χ0v) is 7.30. The zero-order chi connectivity index (χ0) is 8.27. The minimum Gasteiger partial charge on any atom is -0.368 e. The second-order valence-electron chi connectivity index (χ2n) is 3.04. The van der Waals surface area contributed by atoms with Gasteiger partial charge in [-0.05, 0) is 26.0 Å². The van der Waals surface area contributed by atoms with Crippen LogP contribution in [-0.4, -0.2) is 18.0 Å². The van der Waals surface area contributed by atoms with Gasteiger partial charge >= 0.3 is 0 Å². The lowest BCUT2D eigenvalue weighted by atomic mass is 10.2. The van der Waals surface area contributed by atoms with Gasteiger partial charge in [0, 0.05) is 18.8 Å². The Hall–Kier alpha value is -0.980. The van der Waals surface area contributed by atoms with Crippen LogP contribution >= 0.6 is 0 Å². The quantitative estimate of drug-likeness (QED) is 0.439. The van der Waals surface area contributed by atoms with Crippen molar-refractivity contribution < 1.29 is 0 Å². The summed E-state index contributed by atoms with van der Waals surface area (Å²) in [5, 5.41) is 0. The minimum atomic E-state index is 1.20. The summed E-state index contributed by atoms with van der Waals surface area (Å²) in [5.74, 6) is 0. The molecule has 0 radical (unpaired) electrons. The highest BCUT2D eigenvalue weighted by Gasteiger charge is 2.17. The first-order valence-corrected chi connectivity index (χ1v) is 3.96. The average Bonchev–Trinajstić information content (AvgIpc) is 2.66. The molecule has 1 saturated heterocycles. The highest BCUT2D eigenvalue weighted by molar-refractivity contribution is 5.26. The van der Waals surface area contributed by atoms with Gasteiger partial charge in [0.15, 0.2) is 0 Å². The molecule has 1 heterocycles. The summed E-state index contributed by atoms with van der Waals surface area (Å²) in [6, 6.07) is 0. The first kappa shape index (κ1) is 8.12. The van der Waals surface area contributed by atoms with Crippen LogP contribution < -0.4 is 0 Å². The molecular formula is C10H15N. The Balaban J connectivity index is 2.66. The Morgan fingerprint density at radius 3 is 2.36 bits per heavy atom. The van der Waals surface area contributed by atoms with Crippen LogP contribution in [0.5, 0.6) is 0 Å². The molecule has 0 saturated carbocycles. The lowest BCUT2D eigenvalue weighted by Crippen LogP contribution is -1.93. The van der Waals surface area contributed by atoms with Gasteiger partial charge in [0.05, 0.1) is 0 Å². The molecule has 0 aromatic carbocycles. The van der Waals surface area contributed by atoms with Gasteiger partial charge in [0.2, 0.25) is 0 Å². The van der Waals surface area contributed by atoms with Gasteiger partial charge in [0.25, 0.3) is 0 Å². The Morgan fingerprint density at radius 1 is 1.36 bits per heavy atom. The van der Waals surface area contributed by atoms with Crippen molar-refractivity contribution in [3.63, 3.8) is 0 Å². The standard InChI is InChI=1S/C10H15N/c1-4-5-10(8-9(2)3)11-6-7-11/h4-5,8H,1,6-7H2,2-3H3/b10-5+. The van der Waals surface area contributed by atoms with Gasteiger partial charge < -0.3 is 4.90 Å². The molecule has 1 nitrogen and oxygen atoms in total. The minimum absolute atomic E-state index is 1.20. The van der Waals surface area contributed by atoms with Gasteiger partial charge in [-0.2, -0.15) is 0 Å². The van der Waals surface area contributed by atoms with Crippen LogP contribution in [0.2, 0.25) is 0 Å². The highest BCUT2D eigenvalue weighted by Crippen LogP contribution is 2.16. The predicted molar refractivity (Wildman–Crippen MR) is 49.3 cm³/mol. The van der Waals surface area contributed by atoms with Gasteiger partial charge in [-0.25, -0.2) is 0 Å². The van der Waals surface area contributed by atoms with Crippen molar-refractivity contribution in [1.82, 2.24) is 4.90 Å². The molecule has 11 heavy (non-hydrogen) atoms. The third-order valence-corrected chi connectivity index (χ3v) is 1.54. The van der Waals surface area contributed by atoms with Crippen molar-refractivity contribution in [2.24, 2.45) is 0 Å². The van der Waals surface area contributed by atoms with Crippen LogP contribution in [-0.2, 0) is 0 Å². The first-order valence-electron chi connectivity index (χ1n) is 3.96. The molecule has 60 valence electrons.